The van der Waals surface area contributed by atoms with E-state index in [0.717, 1.165) is 25.7 Å². The van der Waals surface area contributed by atoms with Gasteiger partial charge >= 0.3 is 5.97 Å². The van der Waals surface area contributed by atoms with E-state index < -0.39 is 27.8 Å². The molecule has 0 aromatic heterocycles. The number of hydrogen-bond acceptors (Lipinski definition) is 5. The highest BCUT2D eigenvalue weighted by molar-refractivity contribution is 7.87. The van der Waals surface area contributed by atoms with Gasteiger partial charge in [-0.05, 0) is 12.3 Å². The molecular formula is C12H22O6S. The van der Waals surface area contributed by atoms with Crippen molar-refractivity contribution in [1.82, 2.24) is 0 Å². The van der Waals surface area contributed by atoms with Crippen molar-refractivity contribution in [2.45, 2.75) is 51.2 Å². The first kappa shape index (κ1) is 18.0. The minimum Gasteiger partial charge on any atom is -0.464 e. The molecule has 0 spiro atoms. The Balaban J connectivity index is 4.44. The minimum absolute atomic E-state index is 0.111. The van der Waals surface area contributed by atoms with Gasteiger partial charge in [-0.2, -0.15) is 8.42 Å². The maximum Gasteiger partial charge on any atom is 0.327 e. The molecule has 0 aliphatic rings. The van der Waals surface area contributed by atoms with E-state index in [1.807, 2.05) is 6.92 Å². The van der Waals surface area contributed by atoms with E-state index in [-0.39, 0.29) is 18.8 Å². The van der Waals surface area contributed by atoms with Gasteiger partial charge in [0.1, 0.15) is 6.29 Å². The highest BCUT2D eigenvalue weighted by Gasteiger charge is 2.32. The van der Waals surface area contributed by atoms with Crippen LogP contribution in [0, 0.1) is 5.92 Å². The summed E-state index contributed by atoms with van der Waals surface area (Å²) in [5.41, 5.74) is 0. The van der Waals surface area contributed by atoms with Crippen molar-refractivity contribution >= 4 is 22.4 Å². The maximum absolute atomic E-state index is 11.6. The zero-order valence-electron chi connectivity index (χ0n) is 11.4. The van der Waals surface area contributed by atoms with Crippen LogP contribution in [-0.2, 0) is 24.4 Å². The molecule has 0 aliphatic heterocycles. The Labute approximate surface area is 114 Å². The normalized spacial score (nSPS) is 14.7. The number of carbonyl (C=O) groups excluding carboxylic acids is 2. The van der Waals surface area contributed by atoms with Crippen LogP contribution in [0.4, 0.5) is 0 Å². The number of unbranched alkanes of at least 4 members (excludes halogenated alkanes) is 1. The monoisotopic (exact) mass is 294 g/mol. The van der Waals surface area contributed by atoms with Crippen molar-refractivity contribution in [3.63, 3.8) is 0 Å². The zero-order chi connectivity index (χ0) is 14.9. The van der Waals surface area contributed by atoms with Gasteiger partial charge in [-0.3, -0.25) is 9.35 Å². The van der Waals surface area contributed by atoms with Gasteiger partial charge in [-0.25, -0.2) is 0 Å². The van der Waals surface area contributed by atoms with Crippen LogP contribution in [0.25, 0.3) is 0 Å². The Morgan fingerprint density at radius 1 is 1.37 bits per heavy atom. The van der Waals surface area contributed by atoms with E-state index in [2.05, 4.69) is 6.92 Å². The molecule has 0 radical (unpaired) electrons. The Morgan fingerprint density at radius 3 is 2.42 bits per heavy atom. The first-order chi connectivity index (χ1) is 8.86. The first-order valence-corrected chi connectivity index (χ1v) is 7.93. The summed E-state index contributed by atoms with van der Waals surface area (Å²) in [6.07, 6.45) is 3.43. The number of aldehydes is 1. The number of ether oxygens (including phenoxy) is 1. The van der Waals surface area contributed by atoms with Gasteiger partial charge in [0.2, 0.25) is 0 Å². The Morgan fingerprint density at radius 2 is 2.00 bits per heavy atom. The Kier molecular flexibility index (Phi) is 8.58. The van der Waals surface area contributed by atoms with Gasteiger partial charge < -0.3 is 9.53 Å². The second-order valence-corrected chi connectivity index (χ2v) is 6.05. The third kappa shape index (κ3) is 7.27. The minimum atomic E-state index is -4.60. The summed E-state index contributed by atoms with van der Waals surface area (Å²) in [5.74, 6) is -0.897. The molecule has 112 valence electrons. The second-order valence-electron chi connectivity index (χ2n) is 4.45. The highest BCUT2D eigenvalue weighted by atomic mass is 32.2. The lowest BCUT2D eigenvalue weighted by Crippen LogP contribution is -2.33. The standard InChI is InChI=1S/C12H22O6S/c1-3-5-6-10(4-2)9-18-12(14)11(7-8-13)19(15,16)17/h8,10-11H,3-7,9H2,1-2H3,(H,15,16,17). The molecule has 0 aliphatic carbocycles. The van der Waals surface area contributed by atoms with Gasteiger partial charge in [0.25, 0.3) is 10.1 Å². The topological polar surface area (TPSA) is 97.7 Å². The Hall–Kier alpha value is -0.950. The van der Waals surface area contributed by atoms with Crippen LogP contribution in [-0.4, -0.2) is 37.1 Å². The molecule has 7 heteroatoms. The van der Waals surface area contributed by atoms with Gasteiger partial charge in [-0.15, -0.1) is 0 Å². The van der Waals surface area contributed by atoms with Crippen molar-refractivity contribution in [3.05, 3.63) is 0 Å². The largest absolute Gasteiger partial charge is 0.464 e. The molecular weight excluding hydrogens is 272 g/mol. The molecule has 0 rings (SSSR count). The third-order valence-corrected chi connectivity index (χ3v) is 4.04. The molecule has 2 unspecified atom stereocenters. The van der Waals surface area contributed by atoms with Crippen LogP contribution < -0.4 is 0 Å². The van der Waals surface area contributed by atoms with Crippen LogP contribution in [0.1, 0.15) is 46.0 Å². The average molecular weight is 294 g/mol. The number of carbonyl (C=O) groups is 2. The Bertz CT molecular complexity index is 376. The lowest BCUT2D eigenvalue weighted by Gasteiger charge is -2.16. The van der Waals surface area contributed by atoms with Crippen molar-refractivity contribution in [1.29, 1.82) is 0 Å². The molecule has 2 atom stereocenters. The molecule has 0 fully saturated rings. The van der Waals surface area contributed by atoms with Crippen LogP contribution in [0.15, 0.2) is 0 Å². The van der Waals surface area contributed by atoms with E-state index in [1.165, 1.54) is 0 Å². The molecule has 6 nitrogen and oxygen atoms in total. The van der Waals surface area contributed by atoms with Crippen LogP contribution in [0.5, 0.6) is 0 Å². The smallest absolute Gasteiger partial charge is 0.327 e. The average Bonchev–Trinajstić information content (AvgIpc) is 2.34. The van der Waals surface area contributed by atoms with E-state index >= 15 is 0 Å². The fraction of sp³-hybridized carbons (Fsp3) is 0.833. The molecule has 0 aromatic rings. The molecule has 0 heterocycles. The predicted molar refractivity (Wildman–Crippen MR) is 70.3 cm³/mol. The molecule has 0 saturated heterocycles. The molecule has 1 N–H and O–H groups in total. The summed E-state index contributed by atoms with van der Waals surface area (Å²) in [7, 11) is -4.60. The molecule has 19 heavy (non-hydrogen) atoms. The predicted octanol–water partition coefficient (Wildman–Crippen LogP) is 1.59. The summed E-state index contributed by atoms with van der Waals surface area (Å²) >= 11 is 0. The number of esters is 1. The van der Waals surface area contributed by atoms with Crippen LogP contribution in [0.2, 0.25) is 0 Å². The highest BCUT2D eigenvalue weighted by Crippen LogP contribution is 2.14. The zero-order valence-corrected chi connectivity index (χ0v) is 12.2. The van der Waals surface area contributed by atoms with E-state index in [0.29, 0.717) is 0 Å². The number of rotatable bonds is 10. The van der Waals surface area contributed by atoms with Gasteiger partial charge in [0.05, 0.1) is 6.61 Å². The quantitative estimate of drug-likeness (QED) is 0.373. The van der Waals surface area contributed by atoms with E-state index in [4.69, 9.17) is 9.29 Å². The molecule has 0 saturated carbocycles. The van der Waals surface area contributed by atoms with Gasteiger partial charge in [-0.1, -0.05) is 33.1 Å². The summed E-state index contributed by atoms with van der Waals surface area (Å²) < 4.78 is 35.6. The van der Waals surface area contributed by atoms with Crippen molar-refractivity contribution in [2.24, 2.45) is 5.92 Å². The summed E-state index contributed by atoms with van der Waals surface area (Å²) in [5, 5.41) is -1.81. The third-order valence-electron chi connectivity index (χ3n) is 2.94. The van der Waals surface area contributed by atoms with E-state index in [1.54, 1.807) is 0 Å². The number of hydrogen-bond donors (Lipinski definition) is 1. The summed E-state index contributed by atoms with van der Waals surface area (Å²) in [4.78, 5) is 21.9. The summed E-state index contributed by atoms with van der Waals surface area (Å²) in [6, 6.07) is 0. The first-order valence-electron chi connectivity index (χ1n) is 6.43. The van der Waals surface area contributed by atoms with Crippen molar-refractivity contribution in [3.8, 4) is 0 Å². The second kappa shape index (κ2) is 9.03. The maximum atomic E-state index is 11.6. The fourth-order valence-corrected chi connectivity index (χ4v) is 2.25. The van der Waals surface area contributed by atoms with Gasteiger partial charge in [0, 0.05) is 6.42 Å². The SMILES string of the molecule is CCCCC(CC)COC(=O)C(CC=O)S(=O)(=O)O. The van der Waals surface area contributed by atoms with Crippen LogP contribution >= 0.6 is 0 Å². The van der Waals surface area contributed by atoms with Crippen molar-refractivity contribution < 1.29 is 27.3 Å². The molecule has 0 bridgehead atoms. The lowest BCUT2D eigenvalue weighted by atomic mass is 10.0. The van der Waals surface area contributed by atoms with Crippen LogP contribution in [0.3, 0.4) is 0 Å². The fourth-order valence-electron chi connectivity index (χ4n) is 1.62. The molecule has 0 aromatic carbocycles. The summed E-state index contributed by atoms with van der Waals surface area (Å²) in [6.45, 7) is 4.12. The lowest BCUT2D eigenvalue weighted by molar-refractivity contribution is -0.145. The van der Waals surface area contributed by atoms with Crippen molar-refractivity contribution in [2.75, 3.05) is 6.61 Å². The van der Waals surface area contributed by atoms with Gasteiger partial charge in [0.15, 0.2) is 5.25 Å². The molecule has 0 amide bonds. The van der Waals surface area contributed by atoms with E-state index in [9.17, 15) is 18.0 Å².